The third-order valence-corrected chi connectivity index (χ3v) is 9.64. The van der Waals surface area contributed by atoms with Crippen LogP contribution in [0.1, 0.15) is 92.7 Å². The van der Waals surface area contributed by atoms with Gasteiger partial charge in [-0.15, -0.1) is 0 Å². The van der Waals surface area contributed by atoms with Crippen LogP contribution in [0, 0.1) is 0 Å². The molecule has 57 heavy (non-hydrogen) atoms. The maximum absolute atomic E-state index is 13.9. The Morgan fingerprint density at radius 2 is 0.912 bits per heavy atom. The van der Waals surface area contributed by atoms with Crippen LogP contribution >= 0.6 is 0 Å². The molecule has 0 saturated heterocycles. The molecule has 0 amide bonds. The molecule has 0 atom stereocenters. The highest BCUT2D eigenvalue weighted by Crippen LogP contribution is 2.44. The van der Waals surface area contributed by atoms with Gasteiger partial charge >= 0.3 is 0 Å². The zero-order valence-corrected chi connectivity index (χ0v) is 33.1. The third-order valence-electron chi connectivity index (χ3n) is 9.64. The summed E-state index contributed by atoms with van der Waals surface area (Å²) in [6.45, 7) is 3.31. The second kappa shape index (κ2) is 22.5. The molecule has 0 unspecified atom stereocenters. The van der Waals surface area contributed by atoms with Crippen molar-refractivity contribution in [3.63, 3.8) is 0 Å². The molecule has 0 fully saturated rings. The molecule has 6 heteroatoms. The summed E-state index contributed by atoms with van der Waals surface area (Å²) in [7, 11) is 0. The van der Waals surface area contributed by atoms with E-state index in [1.54, 1.807) is 0 Å². The fourth-order valence-electron chi connectivity index (χ4n) is 6.50. The van der Waals surface area contributed by atoms with Gasteiger partial charge in [0.15, 0.2) is 17.3 Å². The van der Waals surface area contributed by atoms with Crippen molar-refractivity contribution in [2.24, 2.45) is 0 Å². The lowest BCUT2D eigenvalue weighted by molar-refractivity contribution is 0.230. The first-order valence-corrected chi connectivity index (χ1v) is 20.4. The van der Waals surface area contributed by atoms with Gasteiger partial charge in [0.1, 0.15) is 32.2 Å². The number of allylic oxidation sites excluding steroid dienone is 1. The molecule has 6 aromatic rings. The van der Waals surface area contributed by atoms with Gasteiger partial charge in [0.05, 0.1) is 0 Å². The Kier molecular flexibility index (Phi) is 16.1. The zero-order valence-electron chi connectivity index (χ0n) is 33.1. The van der Waals surface area contributed by atoms with Crippen LogP contribution in [0.25, 0.3) is 17.4 Å². The van der Waals surface area contributed by atoms with Gasteiger partial charge in [-0.3, -0.25) is 4.79 Å². The number of ether oxygens (including phenoxy) is 4. The highest BCUT2D eigenvalue weighted by atomic mass is 16.5. The summed E-state index contributed by atoms with van der Waals surface area (Å²) in [5.41, 5.74) is 4.20. The Morgan fingerprint density at radius 3 is 1.39 bits per heavy atom. The van der Waals surface area contributed by atoms with Crippen LogP contribution in [-0.2, 0) is 26.4 Å². The average molecular weight is 763 g/mol. The Morgan fingerprint density at radius 1 is 0.491 bits per heavy atom. The molecule has 6 rings (SSSR count). The van der Waals surface area contributed by atoms with Crippen LogP contribution in [0.2, 0.25) is 0 Å². The van der Waals surface area contributed by atoms with E-state index >= 15 is 0 Å². The highest BCUT2D eigenvalue weighted by molar-refractivity contribution is 5.72. The average Bonchev–Trinajstić information content (AvgIpc) is 3.26. The van der Waals surface area contributed by atoms with E-state index in [9.17, 15) is 4.79 Å². The Bertz CT molecular complexity index is 2080. The van der Waals surface area contributed by atoms with Crippen molar-refractivity contribution in [3.8, 4) is 34.3 Å². The molecule has 5 aromatic carbocycles. The van der Waals surface area contributed by atoms with Gasteiger partial charge in [-0.25, -0.2) is 0 Å². The van der Waals surface area contributed by atoms with Gasteiger partial charge in [0.25, 0.3) is 0 Å². The Hall–Kier alpha value is -6.01. The van der Waals surface area contributed by atoms with Crippen LogP contribution < -0.4 is 24.4 Å². The molecular weight excluding hydrogens is 709 g/mol. The number of unbranched alkanes of at least 4 members (excludes halogenated alkanes) is 8. The van der Waals surface area contributed by atoms with Gasteiger partial charge in [-0.2, -0.15) is 0 Å². The van der Waals surface area contributed by atoms with E-state index in [1.807, 2.05) is 140 Å². The fourth-order valence-corrected chi connectivity index (χ4v) is 6.50. The summed E-state index contributed by atoms with van der Waals surface area (Å²) in [6.07, 6.45) is 14.9. The molecule has 1 aromatic heterocycles. The van der Waals surface area contributed by atoms with Crippen molar-refractivity contribution < 1.29 is 23.4 Å². The molecule has 294 valence electrons. The summed E-state index contributed by atoms with van der Waals surface area (Å²) in [5, 5.41) is 0. The molecule has 0 N–H and O–H groups in total. The number of hydrogen-bond acceptors (Lipinski definition) is 6. The van der Waals surface area contributed by atoms with E-state index in [2.05, 4.69) is 13.0 Å². The SMILES string of the molecule is CCCCCCCCCC/C=C/c1cc(=O)c(OCc2ccccc2)c(-c2cc(OCc3ccccc3)c(OCc3ccccc3)c(OCc3ccccc3)c2)o1. The number of benzene rings is 5. The van der Waals surface area contributed by atoms with Gasteiger partial charge < -0.3 is 23.4 Å². The first-order valence-electron chi connectivity index (χ1n) is 20.4. The monoisotopic (exact) mass is 762 g/mol. The highest BCUT2D eigenvalue weighted by Gasteiger charge is 2.23. The quantitative estimate of drug-likeness (QED) is 0.0606. The second-order valence-electron chi connectivity index (χ2n) is 14.2. The molecule has 0 spiro atoms. The van der Waals surface area contributed by atoms with Crippen molar-refractivity contribution >= 4 is 6.08 Å². The van der Waals surface area contributed by atoms with Crippen molar-refractivity contribution in [1.82, 2.24) is 0 Å². The lowest BCUT2D eigenvalue weighted by Crippen LogP contribution is -2.10. The summed E-state index contributed by atoms with van der Waals surface area (Å²) < 4.78 is 32.5. The molecule has 1 heterocycles. The van der Waals surface area contributed by atoms with E-state index in [0.29, 0.717) is 35.2 Å². The number of hydrogen-bond donors (Lipinski definition) is 0. The smallest absolute Gasteiger partial charge is 0.228 e. The fraction of sp³-hybridized carbons (Fsp3) is 0.275. The van der Waals surface area contributed by atoms with Crippen molar-refractivity contribution in [1.29, 1.82) is 0 Å². The molecule has 0 aliphatic rings. The van der Waals surface area contributed by atoms with Crippen LogP contribution in [0.4, 0.5) is 0 Å². The minimum Gasteiger partial charge on any atom is -0.485 e. The van der Waals surface area contributed by atoms with Crippen LogP contribution in [-0.4, -0.2) is 0 Å². The first kappa shape index (κ1) is 40.6. The van der Waals surface area contributed by atoms with Gasteiger partial charge in [0.2, 0.25) is 16.9 Å². The van der Waals surface area contributed by atoms with E-state index in [1.165, 1.54) is 51.0 Å². The predicted octanol–water partition coefficient (Wildman–Crippen LogP) is 13.2. The van der Waals surface area contributed by atoms with E-state index in [4.69, 9.17) is 23.4 Å². The van der Waals surface area contributed by atoms with Crippen molar-refractivity contribution in [2.75, 3.05) is 0 Å². The maximum atomic E-state index is 13.9. The topological polar surface area (TPSA) is 67.1 Å². The summed E-state index contributed by atoms with van der Waals surface area (Å²) in [5.74, 6) is 2.19. The molecule has 0 bridgehead atoms. The molecule has 0 aliphatic carbocycles. The normalized spacial score (nSPS) is 11.1. The summed E-state index contributed by atoms with van der Waals surface area (Å²) in [4.78, 5) is 13.9. The van der Waals surface area contributed by atoms with Crippen LogP contribution in [0.15, 0.2) is 155 Å². The van der Waals surface area contributed by atoms with Crippen LogP contribution in [0.3, 0.4) is 0 Å². The van der Waals surface area contributed by atoms with Gasteiger partial charge in [0, 0.05) is 11.6 Å². The molecule has 6 nitrogen and oxygen atoms in total. The summed E-state index contributed by atoms with van der Waals surface area (Å²) >= 11 is 0. The van der Waals surface area contributed by atoms with Gasteiger partial charge in [-0.1, -0.05) is 179 Å². The van der Waals surface area contributed by atoms with E-state index in [0.717, 1.165) is 35.1 Å². The van der Waals surface area contributed by atoms with Crippen molar-refractivity contribution in [3.05, 3.63) is 184 Å². The van der Waals surface area contributed by atoms with E-state index in [-0.39, 0.29) is 36.8 Å². The maximum Gasteiger partial charge on any atom is 0.228 e. The summed E-state index contributed by atoms with van der Waals surface area (Å²) in [6, 6.07) is 44.9. The third kappa shape index (κ3) is 13.0. The Balaban J connectivity index is 1.36. The lowest BCUT2D eigenvalue weighted by atomic mass is 10.1. The molecule has 0 aliphatic heterocycles. The Labute approximate surface area is 337 Å². The first-order chi connectivity index (χ1) is 28.2. The molecular formula is C51H54O6. The zero-order chi connectivity index (χ0) is 39.3. The largest absolute Gasteiger partial charge is 0.485 e. The predicted molar refractivity (Wildman–Crippen MR) is 230 cm³/mol. The minimum absolute atomic E-state index is 0.111. The van der Waals surface area contributed by atoms with Gasteiger partial charge in [-0.05, 0) is 53.3 Å². The van der Waals surface area contributed by atoms with E-state index < -0.39 is 0 Å². The molecule has 0 radical (unpaired) electrons. The van der Waals surface area contributed by atoms with Crippen LogP contribution in [0.5, 0.6) is 23.0 Å². The minimum atomic E-state index is -0.276. The number of rotatable bonds is 23. The second-order valence-corrected chi connectivity index (χ2v) is 14.2. The lowest BCUT2D eigenvalue weighted by Gasteiger charge is -2.20. The van der Waals surface area contributed by atoms with Crippen molar-refractivity contribution in [2.45, 2.75) is 91.1 Å². The standard InChI is InChI=1S/C51H54O6/c1-2-3-4-5-6-7-8-9-10-23-32-45-35-46(52)50(55-38-42-28-19-13-20-29-42)49(57-45)44-33-47(53-36-40-24-15-11-16-25-40)51(56-39-43-30-21-14-22-31-43)48(34-44)54-37-41-26-17-12-18-27-41/h11-35H,2-10,36-39H2,1H3/b32-23+. The molecule has 0 saturated carbocycles.